The lowest BCUT2D eigenvalue weighted by molar-refractivity contribution is 0.108. The molecule has 0 spiro atoms. The third-order valence-electron chi connectivity index (χ3n) is 3.05. The lowest BCUT2D eigenvalue weighted by Crippen LogP contribution is -2.08. The lowest BCUT2D eigenvalue weighted by atomic mass is 10.2. The minimum atomic E-state index is 0.493. The van der Waals surface area contributed by atoms with Crippen molar-refractivity contribution in [2.24, 2.45) is 0 Å². The summed E-state index contributed by atoms with van der Waals surface area (Å²) in [4.78, 5) is 4.55. The van der Waals surface area contributed by atoms with Crippen LogP contribution in [0.2, 0.25) is 0 Å². The summed E-state index contributed by atoms with van der Waals surface area (Å²) in [6.07, 6.45) is 1.90. The summed E-state index contributed by atoms with van der Waals surface area (Å²) in [5.41, 5.74) is 2.77. The quantitative estimate of drug-likeness (QED) is 0.653. The SMILES string of the molecule is CCOCCOc1ccc2nc(-c3ccccc3)cn2n1. The van der Waals surface area contributed by atoms with Crippen LogP contribution in [0.15, 0.2) is 48.7 Å². The van der Waals surface area contributed by atoms with Gasteiger partial charge in [0.05, 0.1) is 18.5 Å². The molecule has 0 aliphatic heterocycles. The van der Waals surface area contributed by atoms with Gasteiger partial charge in [-0.3, -0.25) is 0 Å². The Morgan fingerprint density at radius 3 is 2.71 bits per heavy atom. The summed E-state index contributed by atoms with van der Waals surface area (Å²) in [7, 11) is 0. The summed E-state index contributed by atoms with van der Waals surface area (Å²) < 4.78 is 12.5. The Labute approximate surface area is 123 Å². The van der Waals surface area contributed by atoms with Crippen LogP contribution in [-0.4, -0.2) is 34.4 Å². The molecule has 0 radical (unpaired) electrons. The normalized spacial score (nSPS) is 10.9. The van der Waals surface area contributed by atoms with Crippen molar-refractivity contribution in [3.8, 4) is 17.1 Å². The maximum Gasteiger partial charge on any atom is 0.231 e. The average molecular weight is 283 g/mol. The molecule has 3 rings (SSSR count). The van der Waals surface area contributed by atoms with Crippen molar-refractivity contribution >= 4 is 5.65 Å². The van der Waals surface area contributed by atoms with Gasteiger partial charge in [-0.1, -0.05) is 30.3 Å². The molecule has 0 aliphatic rings. The van der Waals surface area contributed by atoms with Crippen LogP contribution in [0, 0.1) is 0 Å². The predicted molar refractivity (Wildman–Crippen MR) is 80.4 cm³/mol. The molecule has 21 heavy (non-hydrogen) atoms. The monoisotopic (exact) mass is 283 g/mol. The molecule has 108 valence electrons. The minimum Gasteiger partial charge on any atom is -0.474 e. The van der Waals surface area contributed by atoms with E-state index in [-0.39, 0.29) is 0 Å². The van der Waals surface area contributed by atoms with Crippen molar-refractivity contribution < 1.29 is 9.47 Å². The molecule has 0 atom stereocenters. The molecular weight excluding hydrogens is 266 g/mol. The molecule has 0 amide bonds. The van der Waals surface area contributed by atoms with Crippen LogP contribution >= 0.6 is 0 Å². The fraction of sp³-hybridized carbons (Fsp3) is 0.250. The van der Waals surface area contributed by atoms with E-state index in [1.165, 1.54) is 0 Å². The Morgan fingerprint density at radius 2 is 1.90 bits per heavy atom. The Hall–Kier alpha value is -2.40. The zero-order valence-electron chi connectivity index (χ0n) is 11.9. The van der Waals surface area contributed by atoms with Gasteiger partial charge in [-0.2, -0.15) is 0 Å². The van der Waals surface area contributed by atoms with Crippen molar-refractivity contribution in [1.29, 1.82) is 0 Å². The van der Waals surface area contributed by atoms with Crippen LogP contribution in [0.1, 0.15) is 6.92 Å². The van der Waals surface area contributed by atoms with Crippen LogP contribution in [0.5, 0.6) is 5.88 Å². The number of hydrogen-bond donors (Lipinski definition) is 0. The summed E-state index contributed by atoms with van der Waals surface area (Å²) in [5.74, 6) is 0.569. The summed E-state index contributed by atoms with van der Waals surface area (Å²) in [6.45, 7) is 3.71. The maximum absolute atomic E-state index is 5.55. The lowest BCUT2D eigenvalue weighted by Gasteiger charge is -2.04. The highest BCUT2D eigenvalue weighted by Gasteiger charge is 2.06. The van der Waals surface area contributed by atoms with Gasteiger partial charge < -0.3 is 9.47 Å². The smallest absolute Gasteiger partial charge is 0.231 e. The number of hydrogen-bond acceptors (Lipinski definition) is 4. The summed E-state index contributed by atoms with van der Waals surface area (Å²) >= 11 is 0. The van der Waals surface area contributed by atoms with Crippen LogP contribution in [0.3, 0.4) is 0 Å². The second kappa shape index (κ2) is 6.37. The Balaban J connectivity index is 1.79. The van der Waals surface area contributed by atoms with E-state index in [0.717, 1.165) is 16.9 Å². The first kappa shape index (κ1) is 13.6. The molecule has 3 aromatic rings. The van der Waals surface area contributed by atoms with E-state index in [1.54, 1.807) is 4.52 Å². The van der Waals surface area contributed by atoms with Gasteiger partial charge in [0.2, 0.25) is 5.88 Å². The van der Waals surface area contributed by atoms with Crippen molar-refractivity contribution in [1.82, 2.24) is 14.6 Å². The van der Waals surface area contributed by atoms with E-state index in [2.05, 4.69) is 10.1 Å². The minimum absolute atomic E-state index is 0.493. The molecule has 0 N–H and O–H groups in total. The van der Waals surface area contributed by atoms with E-state index in [4.69, 9.17) is 9.47 Å². The molecule has 0 aliphatic carbocycles. The first-order chi connectivity index (χ1) is 10.4. The number of nitrogens with zero attached hydrogens (tertiary/aromatic N) is 3. The Morgan fingerprint density at radius 1 is 1.05 bits per heavy atom. The van der Waals surface area contributed by atoms with E-state index < -0.39 is 0 Å². The molecule has 5 nitrogen and oxygen atoms in total. The number of rotatable bonds is 6. The number of imidazole rings is 1. The molecule has 0 bridgehead atoms. The first-order valence-electron chi connectivity index (χ1n) is 6.99. The maximum atomic E-state index is 5.55. The fourth-order valence-corrected chi connectivity index (χ4v) is 2.04. The average Bonchev–Trinajstić information content (AvgIpc) is 2.96. The highest BCUT2D eigenvalue weighted by atomic mass is 16.5. The number of benzene rings is 1. The number of ether oxygens (including phenoxy) is 2. The third-order valence-corrected chi connectivity index (χ3v) is 3.05. The molecule has 0 saturated carbocycles. The zero-order chi connectivity index (χ0) is 14.5. The highest BCUT2D eigenvalue weighted by Crippen LogP contribution is 2.19. The standard InChI is InChI=1S/C16H17N3O2/c1-2-20-10-11-21-16-9-8-15-17-14(12-19(15)18-16)13-6-4-3-5-7-13/h3-9,12H,2,10-11H2,1H3. The van der Waals surface area contributed by atoms with E-state index in [9.17, 15) is 0 Å². The molecular formula is C16H17N3O2. The van der Waals surface area contributed by atoms with Crippen LogP contribution in [0.25, 0.3) is 16.9 Å². The van der Waals surface area contributed by atoms with Gasteiger partial charge in [0.1, 0.15) is 6.61 Å². The topological polar surface area (TPSA) is 48.7 Å². The van der Waals surface area contributed by atoms with Gasteiger partial charge in [-0.25, -0.2) is 9.50 Å². The van der Waals surface area contributed by atoms with Gasteiger partial charge in [-0.15, -0.1) is 5.10 Å². The van der Waals surface area contributed by atoms with Gasteiger partial charge in [0.25, 0.3) is 0 Å². The molecule has 0 saturated heterocycles. The van der Waals surface area contributed by atoms with Gasteiger partial charge in [0, 0.05) is 18.2 Å². The second-order valence-corrected chi connectivity index (χ2v) is 4.51. The molecule has 1 aromatic carbocycles. The molecule has 2 heterocycles. The summed E-state index contributed by atoms with van der Waals surface area (Å²) in [6, 6.07) is 13.8. The van der Waals surface area contributed by atoms with E-state index in [1.807, 2.05) is 55.6 Å². The molecule has 2 aromatic heterocycles. The fourth-order valence-electron chi connectivity index (χ4n) is 2.04. The van der Waals surface area contributed by atoms with Gasteiger partial charge >= 0.3 is 0 Å². The van der Waals surface area contributed by atoms with Crippen molar-refractivity contribution in [2.75, 3.05) is 19.8 Å². The zero-order valence-corrected chi connectivity index (χ0v) is 11.9. The number of aromatic nitrogens is 3. The Bertz CT molecular complexity index is 710. The Kier molecular flexibility index (Phi) is 4.12. The van der Waals surface area contributed by atoms with Crippen LogP contribution in [0.4, 0.5) is 0 Å². The van der Waals surface area contributed by atoms with E-state index in [0.29, 0.717) is 25.7 Å². The van der Waals surface area contributed by atoms with Gasteiger partial charge in [-0.05, 0) is 13.0 Å². The van der Waals surface area contributed by atoms with E-state index >= 15 is 0 Å². The van der Waals surface area contributed by atoms with Crippen LogP contribution in [-0.2, 0) is 4.74 Å². The third kappa shape index (κ3) is 3.20. The highest BCUT2D eigenvalue weighted by molar-refractivity contribution is 5.62. The molecule has 5 heteroatoms. The predicted octanol–water partition coefficient (Wildman–Crippen LogP) is 2.81. The second-order valence-electron chi connectivity index (χ2n) is 4.51. The van der Waals surface area contributed by atoms with Gasteiger partial charge in [0.15, 0.2) is 5.65 Å². The first-order valence-corrected chi connectivity index (χ1v) is 6.99. The van der Waals surface area contributed by atoms with Crippen LogP contribution < -0.4 is 4.74 Å². The summed E-state index contributed by atoms with van der Waals surface area (Å²) in [5, 5.41) is 4.40. The van der Waals surface area contributed by atoms with Crippen molar-refractivity contribution in [2.45, 2.75) is 6.92 Å². The largest absolute Gasteiger partial charge is 0.474 e. The van der Waals surface area contributed by atoms with Crippen molar-refractivity contribution in [3.63, 3.8) is 0 Å². The molecule has 0 unspecified atom stereocenters. The number of fused-ring (bicyclic) bond motifs is 1. The molecule has 0 fully saturated rings. The van der Waals surface area contributed by atoms with Crippen molar-refractivity contribution in [3.05, 3.63) is 48.7 Å².